The van der Waals surface area contributed by atoms with Crippen LogP contribution in [0.15, 0.2) is 62.6 Å². The molecular formula is C19H16N4O3S. The molecule has 4 aromatic rings. The van der Waals surface area contributed by atoms with Crippen molar-refractivity contribution in [1.29, 1.82) is 0 Å². The first-order chi connectivity index (χ1) is 13.2. The molecule has 0 amide bonds. The van der Waals surface area contributed by atoms with Crippen LogP contribution in [0.25, 0.3) is 22.9 Å². The summed E-state index contributed by atoms with van der Waals surface area (Å²) < 4.78 is 16.5. The third-order valence-corrected chi connectivity index (χ3v) is 4.63. The zero-order chi connectivity index (χ0) is 18.6. The second-order valence-electron chi connectivity index (χ2n) is 5.76. The van der Waals surface area contributed by atoms with Crippen molar-refractivity contribution in [2.24, 2.45) is 0 Å². The lowest BCUT2D eigenvalue weighted by Crippen LogP contribution is -1.82. The summed E-state index contributed by atoms with van der Waals surface area (Å²) in [5, 5.41) is 16.7. The number of benzene rings is 2. The third kappa shape index (κ3) is 4.01. The molecule has 2 heterocycles. The highest BCUT2D eigenvalue weighted by molar-refractivity contribution is 7.98. The van der Waals surface area contributed by atoms with E-state index >= 15 is 0 Å². The molecule has 7 nitrogen and oxygen atoms in total. The number of nitrogens with zero attached hydrogens (tertiary/aromatic N) is 4. The maximum atomic E-state index is 5.70. The Balaban J connectivity index is 1.40. The fraction of sp³-hybridized carbons (Fsp3) is 0.158. The Hall–Kier alpha value is -3.13. The number of hydrogen-bond donors (Lipinski definition) is 0. The predicted octanol–water partition coefficient (Wildman–Crippen LogP) is 4.40. The molecule has 0 saturated heterocycles. The van der Waals surface area contributed by atoms with Crippen LogP contribution < -0.4 is 4.74 Å². The Labute approximate surface area is 159 Å². The van der Waals surface area contributed by atoms with Gasteiger partial charge < -0.3 is 13.6 Å². The van der Waals surface area contributed by atoms with E-state index in [2.05, 4.69) is 20.4 Å². The van der Waals surface area contributed by atoms with Crippen molar-refractivity contribution in [2.45, 2.75) is 17.9 Å². The normalized spacial score (nSPS) is 10.9. The second-order valence-corrected chi connectivity index (χ2v) is 6.68. The number of aromatic nitrogens is 4. The van der Waals surface area contributed by atoms with Crippen LogP contribution in [0.5, 0.6) is 5.75 Å². The number of methoxy groups -OCH3 is 1. The number of rotatable bonds is 6. The molecule has 0 N–H and O–H groups in total. The molecule has 0 aliphatic carbocycles. The van der Waals surface area contributed by atoms with Gasteiger partial charge >= 0.3 is 0 Å². The highest BCUT2D eigenvalue weighted by atomic mass is 32.2. The Kier molecular flexibility index (Phi) is 4.88. The van der Waals surface area contributed by atoms with Crippen LogP contribution in [0, 0.1) is 6.92 Å². The van der Waals surface area contributed by atoms with Crippen molar-refractivity contribution in [1.82, 2.24) is 20.4 Å². The molecule has 4 rings (SSSR count). The van der Waals surface area contributed by atoms with Crippen molar-refractivity contribution >= 4 is 11.8 Å². The molecule has 0 aliphatic heterocycles. The maximum absolute atomic E-state index is 5.70. The van der Waals surface area contributed by atoms with Crippen molar-refractivity contribution in [3.8, 4) is 28.7 Å². The summed E-state index contributed by atoms with van der Waals surface area (Å²) in [5.74, 6) is 2.66. The first-order valence-electron chi connectivity index (χ1n) is 8.21. The SMILES string of the molecule is COc1ccc(-c2nnc(SCc3nnc(-c4ccc(C)cc4)o3)o2)cc1. The van der Waals surface area contributed by atoms with Gasteiger partial charge in [-0.1, -0.05) is 29.5 Å². The van der Waals surface area contributed by atoms with Gasteiger partial charge in [-0.25, -0.2) is 0 Å². The van der Waals surface area contributed by atoms with Crippen LogP contribution in [0.1, 0.15) is 11.5 Å². The van der Waals surface area contributed by atoms with Crippen LogP contribution in [-0.4, -0.2) is 27.5 Å². The minimum Gasteiger partial charge on any atom is -0.497 e. The zero-order valence-electron chi connectivity index (χ0n) is 14.7. The van der Waals surface area contributed by atoms with Crippen LogP contribution in [-0.2, 0) is 5.75 Å². The minimum absolute atomic E-state index is 0.441. The number of thioether (sulfide) groups is 1. The summed E-state index contributed by atoms with van der Waals surface area (Å²) in [6, 6.07) is 15.4. The predicted molar refractivity (Wildman–Crippen MR) is 100 cm³/mol. The average molecular weight is 380 g/mol. The molecule has 0 bridgehead atoms. The lowest BCUT2D eigenvalue weighted by molar-refractivity contribution is 0.414. The summed E-state index contributed by atoms with van der Waals surface area (Å²) in [6.07, 6.45) is 0. The fourth-order valence-corrected chi connectivity index (χ4v) is 2.97. The molecular weight excluding hydrogens is 364 g/mol. The van der Waals surface area contributed by atoms with Crippen LogP contribution in [0.4, 0.5) is 0 Å². The Morgan fingerprint density at radius 3 is 2.15 bits per heavy atom. The van der Waals surface area contributed by atoms with Crippen LogP contribution >= 0.6 is 11.8 Å². The van der Waals surface area contributed by atoms with Gasteiger partial charge in [0.1, 0.15) is 5.75 Å². The van der Waals surface area contributed by atoms with Crippen molar-refractivity contribution in [3.63, 3.8) is 0 Å². The van der Waals surface area contributed by atoms with Crippen molar-refractivity contribution in [2.75, 3.05) is 7.11 Å². The van der Waals surface area contributed by atoms with Gasteiger partial charge in [0.05, 0.1) is 12.9 Å². The molecule has 0 saturated carbocycles. The summed E-state index contributed by atoms with van der Waals surface area (Å²) in [5.41, 5.74) is 2.90. The molecule has 0 fully saturated rings. The quantitative estimate of drug-likeness (QED) is 0.455. The third-order valence-electron chi connectivity index (χ3n) is 3.83. The Morgan fingerprint density at radius 1 is 0.815 bits per heavy atom. The molecule has 0 unspecified atom stereocenters. The largest absolute Gasteiger partial charge is 0.497 e. The van der Waals surface area contributed by atoms with Gasteiger partial charge in [-0.15, -0.1) is 20.4 Å². The van der Waals surface area contributed by atoms with Gasteiger partial charge in [-0.3, -0.25) is 0 Å². The monoisotopic (exact) mass is 380 g/mol. The van der Waals surface area contributed by atoms with Gasteiger partial charge in [-0.2, -0.15) is 0 Å². The van der Waals surface area contributed by atoms with E-state index in [1.165, 1.54) is 17.3 Å². The van der Waals surface area contributed by atoms with Crippen LogP contribution in [0.2, 0.25) is 0 Å². The van der Waals surface area contributed by atoms with Crippen molar-refractivity contribution < 1.29 is 13.6 Å². The molecule has 0 atom stereocenters. The molecule has 2 aromatic heterocycles. The van der Waals surface area contributed by atoms with E-state index in [4.69, 9.17) is 13.6 Å². The van der Waals surface area contributed by atoms with Gasteiger partial charge in [0.2, 0.25) is 17.7 Å². The summed E-state index contributed by atoms with van der Waals surface area (Å²) in [7, 11) is 1.62. The van der Waals surface area contributed by atoms with Gasteiger partial charge in [0.15, 0.2) is 0 Å². The smallest absolute Gasteiger partial charge is 0.277 e. The van der Waals surface area contributed by atoms with E-state index < -0.39 is 0 Å². The number of aryl methyl sites for hydroxylation is 1. The average Bonchev–Trinajstić information content (AvgIpc) is 3.37. The van der Waals surface area contributed by atoms with E-state index in [1.54, 1.807) is 7.11 Å². The minimum atomic E-state index is 0.441. The molecule has 0 aliphatic rings. The number of hydrogen-bond acceptors (Lipinski definition) is 8. The van der Waals surface area contributed by atoms with E-state index in [0.29, 0.717) is 28.6 Å². The van der Waals surface area contributed by atoms with E-state index in [9.17, 15) is 0 Å². The molecule has 0 spiro atoms. The summed E-state index contributed by atoms with van der Waals surface area (Å²) in [4.78, 5) is 0. The number of ether oxygens (including phenoxy) is 1. The lowest BCUT2D eigenvalue weighted by Gasteiger charge is -1.99. The summed E-state index contributed by atoms with van der Waals surface area (Å²) in [6.45, 7) is 2.03. The highest BCUT2D eigenvalue weighted by Gasteiger charge is 2.13. The first-order valence-corrected chi connectivity index (χ1v) is 9.20. The van der Waals surface area contributed by atoms with Gasteiger partial charge in [0, 0.05) is 11.1 Å². The van der Waals surface area contributed by atoms with E-state index in [1.807, 2.05) is 55.5 Å². The molecule has 8 heteroatoms. The second kappa shape index (κ2) is 7.63. The maximum Gasteiger partial charge on any atom is 0.277 e. The van der Waals surface area contributed by atoms with Gasteiger partial charge in [-0.05, 0) is 43.3 Å². The Morgan fingerprint density at radius 2 is 1.44 bits per heavy atom. The van der Waals surface area contributed by atoms with E-state index in [0.717, 1.165) is 16.9 Å². The molecule has 2 aromatic carbocycles. The standard InChI is InChI=1S/C19H16N4O3S/c1-12-3-5-13(6-4-12)17-21-20-16(25-17)11-27-19-23-22-18(26-19)14-7-9-15(24-2)10-8-14/h3-10H,11H2,1-2H3. The van der Waals surface area contributed by atoms with Gasteiger partial charge in [0.25, 0.3) is 5.22 Å². The zero-order valence-corrected chi connectivity index (χ0v) is 15.6. The lowest BCUT2D eigenvalue weighted by atomic mass is 10.1. The first kappa shape index (κ1) is 17.3. The molecule has 27 heavy (non-hydrogen) atoms. The molecule has 136 valence electrons. The Bertz CT molecular complexity index is 1030. The van der Waals surface area contributed by atoms with Crippen molar-refractivity contribution in [3.05, 3.63) is 60.0 Å². The van der Waals surface area contributed by atoms with E-state index in [-0.39, 0.29) is 0 Å². The summed E-state index contributed by atoms with van der Waals surface area (Å²) >= 11 is 1.35. The topological polar surface area (TPSA) is 87.1 Å². The molecule has 0 radical (unpaired) electrons. The fourth-order valence-electron chi connectivity index (χ4n) is 2.37. The van der Waals surface area contributed by atoms with Crippen LogP contribution in [0.3, 0.4) is 0 Å². The highest BCUT2D eigenvalue weighted by Crippen LogP contribution is 2.27.